The topological polar surface area (TPSA) is 136 Å². The van der Waals surface area contributed by atoms with Gasteiger partial charge in [-0.25, -0.2) is 0 Å². The monoisotopic (exact) mass is 658 g/mol. The quantitative estimate of drug-likeness (QED) is 0.234. The molecule has 5 aliphatic carbocycles. The molecule has 10 heteroatoms. The molecule has 0 amide bonds. The molecule has 4 heterocycles. The molecular formula is C37H54O10. The summed E-state index contributed by atoms with van der Waals surface area (Å²) < 4.78 is 38.3. The molecule has 3 N–H and O–H groups in total. The van der Waals surface area contributed by atoms with Crippen LogP contribution in [0.1, 0.15) is 93.4 Å². The van der Waals surface area contributed by atoms with E-state index in [4.69, 9.17) is 28.4 Å². The lowest BCUT2D eigenvalue weighted by Crippen LogP contribution is -2.61. The van der Waals surface area contributed by atoms with Crippen LogP contribution < -0.4 is 0 Å². The molecule has 13 unspecified atom stereocenters. The van der Waals surface area contributed by atoms with Crippen molar-refractivity contribution in [3.8, 4) is 0 Å². The molecule has 4 saturated carbocycles. The van der Waals surface area contributed by atoms with Crippen molar-refractivity contribution < 1.29 is 48.5 Å². The van der Waals surface area contributed by atoms with Gasteiger partial charge in [-0.05, 0) is 74.0 Å². The second kappa shape index (κ2) is 9.40. The SMILES string of the molecule is CC(=O)OC1C[C@@]23C[C@@]24CCC(OC2OCC(O)C(O)C2O)C(C)(C)C4CC=C3[C@]2(C)CC3OC4(CC(C)C3[C@@]12C)OCC1(C)OC14. The van der Waals surface area contributed by atoms with E-state index in [-0.39, 0.29) is 75.6 Å². The van der Waals surface area contributed by atoms with Gasteiger partial charge in [-0.2, -0.15) is 0 Å². The molecule has 47 heavy (non-hydrogen) atoms. The van der Waals surface area contributed by atoms with E-state index in [1.54, 1.807) is 12.5 Å². The van der Waals surface area contributed by atoms with Crippen molar-refractivity contribution in [1.29, 1.82) is 0 Å². The first-order valence-corrected chi connectivity index (χ1v) is 18.2. The molecule has 0 aromatic heterocycles. The molecule has 9 rings (SSSR count). The minimum Gasteiger partial charge on any atom is -0.462 e. The number of rotatable bonds is 3. The van der Waals surface area contributed by atoms with Gasteiger partial charge >= 0.3 is 5.97 Å². The van der Waals surface area contributed by atoms with Crippen molar-refractivity contribution in [3.05, 3.63) is 11.6 Å². The average molecular weight is 659 g/mol. The smallest absolute Gasteiger partial charge is 0.302 e. The summed E-state index contributed by atoms with van der Waals surface area (Å²) in [7, 11) is 0. The predicted octanol–water partition coefficient (Wildman–Crippen LogP) is 3.63. The first-order chi connectivity index (χ1) is 22.0. The third-order valence-electron chi connectivity index (χ3n) is 16.0. The number of aliphatic hydroxyl groups excluding tert-OH is 3. The predicted molar refractivity (Wildman–Crippen MR) is 166 cm³/mol. The Hall–Kier alpha value is -1.11. The summed E-state index contributed by atoms with van der Waals surface area (Å²) in [4.78, 5) is 12.9. The van der Waals surface area contributed by atoms with Gasteiger partial charge in [0.2, 0.25) is 0 Å². The molecule has 3 spiro atoms. The van der Waals surface area contributed by atoms with Crippen LogP contribution in [0.5, 0.6) is 0 Å². The summed E-state index contributed by atoms with van der Waals surface area (Å²) in [5.74, 6) is -0.0424. The van der Waals surface area contributed by atoms with Gasteiger partial charge in [0.15, 0.2) is 12.1 Å². The van der Waals surface area contributed by atoms with Crippen LogP contribution in [0, 0.1) is 44.8 Å². The van der Waals surface area contributed by atoms with Gasteiger partial charge in [0.1, 0.15) is 36.1 Å². The lowest BCUT2D eigenvalue weighted by molar-refractivity contribution is -0.307. The third-order valence-corrected chi connectivity index (χ3v) is 16.0. The number of hydrogen-bond acceptors (Lipinski definition) is 10. The highest BCUT2D eigenvalue weighted by Crippen LogP contribution is 2.88. The van der Waals surface area contributed by atoms with E-state index in [0.29, 0.717) is 18.4 Å². The Kier molecular flexibility index (Phi) is 6.37. The highest BCUT2D eigenvalue weighted by molar-refractivity contribution is 5.66. The molecule has 4 aliphatic heterocycles. The molecule has 4 saturated heterocycles. The van der Waals surface area contributed by atoms with Crippen LogP contribution in [0.2, 0.25) is 0 Å². The van der Waals surface area contributed by atoms with Crippen molar-refractivity contribution in [2.75, 3.05) is 13.2 Å². The van der Waals surface area contributed by atoms with Gasteiger partial charge in [0.25, 0.3) is 0 Å². The lowest BCUT2D eigenvalue weighted by Gasteiger charge is -2.62. The first-order valence-electron chi connectivity index (χ1n) is 18.2. The number of fused-ring (bicyclic) bond motifs is 6. The highest BCUT2D eigenvalue weighted by atomic mass is 16.8. The number of hydrogen-bond donors (Lipinski definition) is 3. The van der Waals surface area contributed by atoms with Crippen molar-refractivity contribution in [3.63, 3.8) is 0 Å². The van der Waals surface area contributed by atoms with Crippen molar-refractivity contribution in [2.45, 2.75) is 154 Å². The Morgan fingerprint density at radius 1 is 1.00 bits per heavy atom. The average Bonchev–Trinajstić information content (AvgIpc) is 3.81. The second-order valence-corrected chi connectivity index (χ2v) is 18.5. The van der Waals surface area contributed by atoms with Crippen LogP contribution in [0.4, 0.5) is 0 Å². The molecule has 0 aromatic rings. The van der Waals surface area contributed by atoms with Crippen LogP contribution in [-0.2, 0) is 33.2 Å². The van der Waals surface area contributed by atoms with Gasteiger partial charge in [-0.1, -0.05) is 46.3 Å². The van der Waals surface area contributed by atoms with E-state index >= 15 is 0 Å². The molecule has 0 aromatic carbocycles. The number of carbonyl (C=O) groups is 1. The number of ether oxygens (including phenoxy) is 6. The zero-order valence-electron chi connectivity index (χ0n) is 29.0. The molecule has 17 atom stereocenters. The lowest BCUT2D eigenvalue weighted by atomic mass is 9.44. The standard InChI is InChI=1S/C37H54O10/c1-18-12-37(30-33(6,47-30)17-43-37)46-21-13-32(5)23-9-8-22-31(3,4)24(45-29-28(41)27(40)20(39)15-42-29)10-11-35(22)16-36(23,35)14-25(44-19(2)38)34(32,7)26(18)21/h9,18,20-22,24-30,39-41H,8,10-17H2,1-7H3/t18?,20?,21?,22?,24?,25?,26?,27?,28?,29?,30?,32-,33?,34+,35+,36-,37?/m0/s1. The summed E-state index contributed by atoms with van der Waals surface area (Å²) >= 11 is 0. The van der Waals surface area contributed by atoms with E-state index in [1.165, 1.54) is 0 Å². The number of carbonyl (C=O) groups excluding carboxylic acids is 1. The molecule has 262 valence electrons. The largest absolute Gasteiger partial charge is 0.462 e. The van der Waals surface area contributed by atoms with E-state index in [9.17, 15) is 20.1 Å². The summed E-state index contributed by atoms with van der Waals surface area (Å²) in [6.07, 6.45) is 3.70. The first kappa shape index (κ1) is 31.8. The van der Waals surface area contributed by atoms with Crippen molar-refractivity contribution >= 4 is 5.97 Å². The van der Waals surface area contributed by atoms with Crippen LogP contribution >= 0.6 is 0 Å². The van der Waals surface area contributed by atoms with Gasteiger partial charge in [-0.15, -0.1) is 0 Å². The number of epoxide rings is 1. The summed E-state index contributed by atoms with van der Waals surface area (Å²) in [6, 6.07) is 0. The molecular weight excluding hydrogens is 604 g/mol. The van der Waals surface area contributed by atoms with Gasteiger partial charge < -0.3 is 43.7 Å². The second-order valence-electron chi connectivity index (χ2n) is 18.5. The Bertz CT molecular complexity index is 1410. The van der Waals surface area contributed by atoms with Crippen LogP contribution in [0.25, 0.3) is 0 Å². The van der Waals surface area contributed by atoms with Crippen LogP contribution in [0.15, 0.2) is 11.6 Å². The van der Waals surface area contributed by atoms with E-state index < -0.39 is 30.4 Å². The minimum atomic E-state index is -1.31. The Morgan fingerprint density at radius 3 is 2.45 bits per heavy atom. The molecule has 8 fully saturated rings. The fourth-order valence-electron chi connectivity index (χ4n) is 13.7. The Labute approximate surface area is 277 Å². The normalized spacial score (nSPS) is 61.1. The van der Waals surface area contributed by atoms with Crippen molar-refractivity contribution in [2.24, 2.45) is 44.8 Å². The maximum atomic E-state index is 12.9. The van der Waals surface area contributed by atoms with Gasteiger partial charge in [0.05, 0.1) is 25.4 Å². The maximum Gasteiger partial charge on any atom is 0.302 e. The summed E-state index contributed by atoms with van der Waals surface area (Å²) in [5, 5.41) is 30.9. The maximum absolute atomic E-state index is 12.9. The van der Waals surface area contributed by atoms with Crippen LogP contribution in [0.3, 0.4) is 0 Å². The summed E-state index contributed by atoms with van der Waals surface area (Å²) in [5.41, 5.74) is 0.598. The molecule has 9 aliphatic rings. The molecule has 0 bridgehead atoms. The highest BCUT2D eigenvalue weighted by Gasteiger charge is 2.85. The molecule has 10 nitrogen and oxygen atoms in total. The number of aliphatic hydroxyl groups is 3. The van der Waals surface area contributed by atoms with E-state index in [2.05, 4.69) is 47.6 Å². The zero-order chi connectivity index (χ0) is 33.3. The fourth-order valence-corrected chi connectivity index (χ4v) is 13.7. The zero-order valence-corrected chi connectivity index (χ0v) is 29.0. The van der Waals surface area contributed by atoms with Gasteiger partial charge in [0, 0.05) is 29.6 Å². The number of allylic oxidation sites excluding steroid dienone is 2. The number of esters is 1. The van der Waals surface area contributed by atoms with E-state index in [0.717, 1.165) is 44.9 Å². The van der Waals surface area contributed by atoms with Gasteiger partial charge in [-0.3, -0.25) is 4.79 Å². The van der Waals surface area contributed by atoms with Crippen molar-refractivity contribution in [1.82, 2.24) is 0 Å². The fraction of sp³-hybridized carbons (Fsp3) is 0.919. The minimum absolute atomic E-state index is 0.0156. The third kappa shape index (κ3) is 3.73. The van der Waals surface area contributed by atoms with Crippen LogP contribution in [-0.4, -0.2) is 94.9 Å². The molecule has 0 radical (unpaired) electrons. The summed E-state index contributed by atoms with van der Waals surface area (Å²) in [6.45, 7) is 15.9. The Morgan fingerprint density at radius 2 is 1.77 bits per heavy atom. The Balaban J connectivity index is 1.06. The van der Waals surface area contributed by atoms with E-state index in [1.807, 2.05) is 0 Å².